The van der Waals surface area contributed by atoms with Crippen molar-refractivity contribution >= 4 is 23.4 Å². The molecule has 170 valence electrons. The van der Waals surface area contributed by atoms with Gasteiger partial charge in [0.05, 0.1) is 5.41 Å². The lowest BCUT2D eigenvalue weighted by molar-refractivity contribution is -0.137. The number of nitrogens with zero attached hydrogens (tertiary/aromatic N) is 1. The Morgan fingerprint density at radius 1 is 0.818 bits per heavy atom. The summed E-state index contributed by atoms with van der Waals surface area (Å²) in [5.41, 5.74) is 2.55. The van der Waals surface area contributed by atoms with Crippen LogP contribution in [0.25, 0.3) is 0 Å². The highest BCUT2D eigenvalue weighted by Crippen LogP contribution is 2.36. The minimum atomic E-state index is -0.635. The number of amides is 2. The molecule has 0 spiro atoms. The molecule has 5 heteroatoms. The van der Waals surface area contributed by atoms with Gasteiger partial charge >= 0.3 is 0 Å². The van der Waals surface area contributed by atoms with Crippen molar-refractivity contribution in [3.8, 4) is 0 Å². The van der Waals surface area contributed by atoms with Crippen molar-refractivity contribution in [1.29, 1.82) is 0 Å². The van der Waals surface area contributed by atoms with Gasteiger partial charge < -0.3 is 10.2 Å². The molecule has 1 aliphatic rings. The van der Waals surface area contributed by atoms with Crippen LogP contribution in [0.3, 0.4) is 0 Å². The van der Waals surface area contributed by atoms with Gasteiger partial charge in [0.1, 0.15) is 0 Å². The van der Waals surface area contributed by atoms with Crippen molar-refractivity contribution in [2.75, 3.05) is 13.1 Å². The minimum Gasteiger partial charge on any atom is -0.351 e. The molecule has 1 aliphatic heterocycles. The van der Waals surface area contributed by atoms with E-state index < -0.39 is 5.41 Å². The van der Waals surface area contributed by atoms with Gasteiger partial charge in [0.25, 0.3) is 0 Å². The molecule has 0 unspecified atom stereocenters. The minimum absolute atomic E-state index is 0.0139. The Labute approximate surface area is 200 Å². The number of hydrogen-bond donors (Lipinski definition) is 1. The maximum Gasteiger partial charge on any atom is 0.231 e. The lowest BCUT2D eigenvalue weighted by atomic mass is 9.72. The van der Waals surface area contributed by atoms with E-state index in [0.29, 0.717) is 43.9 Å². The van der Waals surface area contributed by atoms with Gasteiger partial charge in [-0.15, -0.1) is 0 Å². The molecule has 33 heavy (non-hydrogen) atoms. The Hall–Kier alpha value is -3.11. The van der Waals surface area contributed by atoms with Crippen LogP contribution in [0, 0.1) is 0 Å². The molecule has 1 saturated heterocycles. The number of rotatable bonds is 7. The second-order valence-corrected chi connectivity index (χ2v) is 9.06. The van der Waals surface area contributed by atoms with Crippen LogP contribution in [0.2, 0.25) is 5.02 Å². The average Bonchev–Trinajstić information content (AvgIpc) is 2.88. The number of likely N-dealkylation sites (tertiary alicyclic amines) is 1. The summed E-state index contributed by atoms with van der Waals surface area (Å²) in [7, 11) is 0. The highest BCUT2D eigenvalue weighted by atomic mass is 35.5. The van der Waals surface area contributed by atoms with Crippen LogP contribution in [0.5, 0.6) is 0 Å². The fourth-order valence-corrected chi connectivity index (χ4v) is 4.68. The molecule has 0 aromatic heterocycles. The van der Waals surface area contributed by atoms with E-state index in [1.54, 1.807) is 0 Å². The van der Waals surface area contributed by atoms with Crippen LogP contribution in [-0.4, -0.2) is 29.8 Å². The Morgan fingerprint density at radius 2 is 1.42 bits per heavy atom. The Bertz CT molecular complexity index is 1060. The molecule has 0 saturated carbocycles. The summed E-state index contributed by atoms with van der Waals surface area (Å²) < 4.78 is 0. The summed E-state index contributed by atoms with van der Waals surface area (Å²) in [5.74, 6) is 0.169. The van der Waals surface area contributed by atoms with Gasteiger partial charge in [-0.1, -0.05) is 84.4 Å². The maximum absolute atomic E-state index is 13.5. The van der Waals surface area contributed by atoms with Gasteiger partial charge in [0.2, 0.25) is 11.8 Å². The number of carbonyl (C=O) groups is 2. The van der Waals surface area contributed by atoms with E-state index in [1.807, 2.05) is 77.7 Å². The predicted octanol–water partition coefficient (Wildman–Crippen LogP) is 5.15. The van der Waals surface area contributed by atoms with E-state index >= 15 is 0 Å². The molecule has 4 nitrogen and oxygen atoms in total. The molecule has 0 radical (unpaired) electrons. The summed E-state index contributed by atoms with van der Waals surface area (Å²) in [6.07, 6.45) is 2.45. The van der Waals surface area contributed by atoms with E-state index in [-0.39, 0.29) is 11.8 Å². The second-order valence-electron chi connectivity index (χ2n) is 8.62. The van der Waals surface area contributed by atoms with Crippen LogP contribution in [-0.2, 0) is 28.0 Å². The Kier molecular flexibility index (Phi) is 7.46. The first-order valence-electron chi connectivity index (χ1n) is 11.5. The number of halogens is 1. The zero-order chi connectivity index (χ0) is 23.1. The normalized spacial score (nSPS) is 15.1. The first kappa shape index (κ1) is 23.1. The largest absolute Gasteiger partial charge is 0.351 e. The summed E-state index contributed by atoms with van der Waals surface area (Å²) in [5, 5.41) is 3.81. The Balaban J connectivity index is 1.42. The predicted molar refractivity (Wildman–Crippen MR) is 132 cm³/mol. The number of piperidine rings is 1. The molecule has 0 aliphatic carbocycles. The fraction of sp³-hybridized carbons (Fsp3) is 0.286. The number of aryl methyl sites for hydroxylation is 1. The molecule has 1 heterocycles. The molecule has 0 atom stereocenters. The number of carbonyl (C=O) groups excluding carboxylic acids is 2. The van der Waals surface area contributed by atoms with Crippen molar-refractivity contribution < 1.29 is 9.59 Å². The fourth-order valence-electron chi connectivity index (χ4n) is 4.55. The van der Waals surface area contributed by atoms with Crippen LogP contribution in [0.15, 0.2) is 84.9 Å². The highest BCUT2D eigenvalue weighted by molar-refractivity contribution is 6.30. The third kappa shape index (κ3) is 5.63. The maximum atomic E-state index is 13.5. The lowest BCUT2D eigenvalue weighted by Crippen LogP contribution is -2.52. The summed E-state index contributed by atoms with van der Waals surface area (Å²) in [6.45, 7) is 1.61. The molecule has 4 rings (SSSR count). The summed E-state index contributed by atoms with van der Waals surface area (Å²) in [6, 6.07) is 27.5. The van der Waals surface area contributed by atoms with E-state index in [0.717, 1.165) is 17.5 Å². The number of nitrogens with one attached hydrogen (secondary N) is 1. The van der Waals surface area contributed by atoms with Crippen molar-refractivity contribution in [3.63, 3.8) is 0 Å². The van der Waals surface area contributed by atoms with Gasteiger partial charge in [-0.05, 0) is 48.1 Å². The molecular formula is C28H29ClN2O2. The topological polar surface area (TPSA) is 49.4 Å². The average molecular weight is 461 g/mol. The number of benzene rings is 3. The lowest BCUT2D eigenvalue weighted by Gasteiger charge is -2.41. The van der Waals surface area contributed by atoms with Crippen molar-refractivity contribution in [3.05, 3.63) is 107 Å². The van der Waals surface area contributed by atoms with Crippen LogP contribution in [0.1, 0.15) is 36.0 Å². The van der Waals surface area contributed by atoms with Gasteiger partial charge in [0, 0.05) is 31.1 Å². The molecule has 2 amide bonds. The second kappa shape index (κ2) is 10.7. The van der Waals surface area contributed by atoms with Crippen LogP contribution < -0.4 is 5.32 Å². The Morgan fingerprint density at radius 3 is 2.06 bits per heavy atom. The molecule has 0 bridgehead atoms. The molecule has 1 fully saturated rings. The first-order valence-corrected chi connectivity index (χ1v) is 11.8. The molecular weight excluding hydrogens is 432 g/mol. The van der Waals surface area contributed by atoms with E-state index in [4.69, 9.17) is 11.6 Å². The van der Waals surface area contributed by atoms with E-state index in [2.05, 4.69) is 17.4 Å². The SMILES string of the molecule is O=C(CCc1ccccc1)N1CCC(C(=O)NCc2ccc(Cl)cc2)(c2ccccc2)CC1. The summed E-state index contributed by atoms with van der Waals surface area (Å²) >= 11 is 5.98. The standard InChI is InChI=1S/C28H29ClN2O2/c29-25-14-11-23(12-15-25)21-30-27(33)28(24-9-5-2-6-10-24)17-19-31(20-18-28)26(32)16-13-22-7-3-1-4-8-22/h1-12,14-15H,13,16-21H2,(H,30,33). The van der Waals surface area contributed by atoms with Crippen molar-refractivity contribution in [2.24, 2.45) is 0 Å². The van der Waals surface area contributed by atoms with Crippen LogP contribution in [0.4, 0.5) is 0 Å². The van der Waals surface area contributed by atoms with Gasteiger partial charge in [-0.25, -0.2) is 0 Å². The quantitative estimate of drug-likeness (QED) is 0.530. The third-order valence-corrected chi connectivity index (χ3v) is 6.82. The molecule has 3 aromatic rings. The zero-order valence-electron chi connectivity index (χ0n) is 18.7. The monoisotopic (exact) mass is 460 g/mol. The van der Waals surface area contributed by atoms with Crippen molar-refractivity contribution in [1.82, 2.24) is 10.2 Å². The molecule has 3 aromatic carbocycles. The van der Waals surface area contributed by atoms with Crippen LogP contribution >= 0.6 is 11.6 Å². The van der Waals surface area contributed by atoms with Gasteiger partial charge in [-0.2, -0.15) is 0 Å². The van der Waals surface area contributed by atoms with Crippen molar-refractivity contribution in [2.45, 2.75) is 37.6 Å². The van der Waals surface area contributed by atoms with Gasteiger partial charge in [0.15, 0.2) is 0 Å². The smallest absolute Gasteiger partial charge is 0.231 e. The molecule has 1 N–H and O–H groups in total. The number of hydrogen-bond acceptors (Lipinski definition) is 2. The summed E-state index contributed by atoms with van der Waals surface area (Å²) in [4.78, 5) is 28.3. The highest BCUT2D eigenvalue weighted by Gasteiger charge is 2.43. The zero-order valence-corrected chi connectivity index (χ0v) is 19.4. The first-order chi connectivity index (χ1) is 16.1. The van der Waals surface area contributed by atoms with E-state index in [1.165, 1.54) is 5.56 Å². The van der Waals surface area contributed by atoms with Gasteiger partial charge in [-0.3, -0.25) is 9.59 Å². The third-order valence-electron chi connectivity index (χ3n) is 6.57. The van der Waals surface area contributed by atoms with E-state index in [9.17, 15) is 9.59 Å².